The molecule has 118 valence electrons. The van der Waals surface area contributed by atoms with Gasteiger partial charge in [0, 0.05) is 31.7 Å². The zero-order valence-electron chi connectivity index (χ0n) is 12.8. The summed E-state index contributed by atoms with van der Waals surface area (Å²) < 4.78 is 28.9. The smallest absolute Gasteiger partial charge is 0.279 e. The van der Waals surface area contributed by atoms with Crippen LogP contribution in [0, 0.1) is 0 Å². The van der Waals surface area contributed by atoms with Gasteiger partial charge in [0.25, 0.3) is 10.2 Å². The van der Waals surface area contributed by atoms with Crippen LogP contribution < -0.4 is 4.72 Å². The van der Waals surface area contributed by atoms with Crippen molar-refractivity contribution in [3.63, 3.8) is 0 Å². The maximum absolute atomic E-state index is 12.3. The van der Waals surface area contributed by atoms with Gasteiger partial charge >= 0.3 is 0 Å². The van der Waals surface area contributed by atoms with E-state index in [1.54, 1.807) is 4.31 Å². The number of piperidine rings is 2. The van der Waals surface area contributed by atoms with Crippen molar-refractivity contribution in [1.29, 1.82) is 0 Å². The van der Waals surface area contributed by atoms with Crippen LogP contribution in [0.1, 0.15) is 52.4 Å². The van der Waals surface area contributed by atoms with Gasteiger partial charge in [0.2, 0.25) is 0 Å². The van der Waals surface area contributed by atoms with Crippen LogP contribution in [-0.2, 0) is 10.2 Å². The van der Waals surface area contributed by atoms with E-state index in [1.807, 2.05) is 0 Å². The highest BCUT2D eigenvalue weighted by atomic mass is 32.2. The standard InChI is InChI=1S/C14H29N3O2S/c1-13-8-4-7-11-17(13)14(2)12-15-20(18,19)16-9-5-3-6-10-16/h13-15H,3-12H2,1-2H3/t13-,14+/m1/s1. The molecule has 5 nitrogen and oxygen atoms in total. The van der Waals surface area contributed by atoms with Gasteiger partial charge < -0.3 is 0 Å². The Balaban J connectivity index is 1.83. The van der Waals surface area contributed by atoms with Gasteiger partial charge in [0.05, 0.1) is 0 Å². The first-order chi connectivity index (χ1) is 9.50. The Morgan fingerprint density at radius 3 is 2.40 bits per heavy atom. The summed E-state index contributed by atoms with van der Waals surface area (Å²) in [6.45, 7) is 7.32. The average molecular weight is 303 g/mol. The monoisotopic (exact) mass is 303 g/mol. The quantitative estimate of drug-likeness (QED) is 0.839. The van der Waals surface area contributed by atoms with E-state index in [-0.39, 0.29) is 6.04 Å². The van der Waals surface area contributed by atoms with Gasteiger partial charge in [-0.25, -0.2) is 4.72 Å². The maximum atomic E-state index is 12.3. The van der Waals surface area contributed by atoms with Crippen molar-refractivity contribution < 1.29 is 8.42 Å². The number of nitrogens with zero attached hydrogens (tertiary/aromatic N) is 2. The van der Waals surface area contributed by atoms with Crippen LogP contribution in [-0.4, -0.2) is 55.9 Å². The third-order valence-electron chi connectivity index (χ3n) is 4.64. The van der Waals surface area contributed by atoms with Crippen molar-refractivity contribution in [2.24, 2.45) is 0 Å². The molecule has 0 radical (unpaired) electrons. The summed E-state index contributed by atoms with van der Waals surface area (Å²) in [6.07, 6.45) is 6.87. The van der Waals surface area contributed by atoms with E-state index in [4.69, 9.17) is 0 Å². The molecule has 0 bridgehead atoms. The highest BCUT2D eigenvalue weighted by molar-refractivity contribution is 7.87. The predicted molar refractivity (Wildman–Crippen MR) is 81.8 cm³/mol. The summed E-state index contributed by atoms with van der Waals surface area (Å²) in [6, 6.07) is 0.836. The lowest BCUT2D eigenvalue weighted by Gasteiger charge is -2.38. The molecule has 0 aliphatic carbocycles. The minimum atomic E-state index is -3.28. The number of nitrogens with one attached hydrogen (secondary N) is 1. The van der Waals surface area contributed by atoms with Crippen molar-refractivity contribution >= 4 is 10.2 Å². The van der Waals surface area contributed by atoms with E-state index in [2.05, 4.69) is 23.5 Å². The Hall–Kier alpha value is -0.170. The van der Waals surface area contributed by atoms with Crippen LogP contribution in [0.25, 0.3) is 0 Å². The predicted octanol–water partition coefficient (Wildman–Crippen LogP) is 1.57. The fourth-order valence-electron chi connectivity index (χ4n) is 3.31. The average Bonchev–Trinajstić information content (AvgIpc) is 2.46. The van der Waals surface area contributed by atoms with Gasteiger partial charge in [-0.1, -0.05) is 12.8 Å². The Bertz CT molecular complexity index is 393. The molecule has 6 heteroatoms. The van der Waals surface area contributed by atoms with Crippen molar-refractivity contribution in [2.45, 2.75) is 64.5 Å². The van der Waals surface area contributed by atoms with Gasteiger partial charge in [-0.2, -0.15) is 12.7 Å². The molecule has 2 fully saturated rings. The second kappa shape index (κ2) is 7.20. The summed E-state index contributed by atoms with van der Waals surface area (Å²) in [4.78, 5) is 2.43. The lowest BCUT2D eigenvalue weighted by Crippen LogP contribution is -2.51. The molecule has 20 heavy (non-hydrogen) atoms. The molecule has 0 aromatic heterocycles. The third kappa shape index (κ3) is 4.16. The largest absolute Gasteiger partial charge is 0.297 e. The third-order valence-corrected chi connectivity index (χ3v) is 6.21. The minimum absolute atomic E-state index is 0.268. The fourth-order valence-corrected chi connectivity index (χ4v) is 4.69. The van der Waals surface area contributed by atoms with E-state index in [1.165, 1.54) is 19.3 Å². The number of rotatable bonds is 5. The van der Waals surface area contributed by atoms with Crippen molar-refractivity contribution in [3.05, 3.63) is 0 Å². The van der Waals surface area contributed by atoms with E-state index >= 15 is 0 Å². The Labute approximate surface area is 123 Å². The zero-order chi connectivity index (χ0) is 14.6. The first-order valence-electron chi connectivity index (χ1n) is 8.01. The number of likely N-dealkylation sites (tertiary alicyclic amines) is 1. The zero-order valence-corrected chi connectivity index (χ0v) is 13.7. The maximum Gasteiger partial charge on any atom is 0.279 e. The molecule has 0 spiro atoms. The molecule has 0 unspecified atom stereocenters. The first-order valence-corrected chi connectivity index (χ1v) is 9.45. The Kier molecular flexibility index (Phi) is 5.84. The lowest BCUT2D eigenvalue weighted by atomic mass is 10.0. The molecule has 0 aromatic rings. The molecule has 0 amide bonds. The van der Waals surface area contributed by atoms with Crippen molar-refractivity contribution in [1.82, 2.24) is 13.9 Å². The second-order valence-electron chi connectivity index (χ2n) is 6.24. The van der Waals surface area contributed by atoms with Crippen LogP contribution in [0.3, 0.4) is 0 Å². The lowest BCUT2D eigenvalue weighted by molar-refractivity contribution is 0.116. The molecule has 2 heterocycles. The van der Waals surface area contributed by atoms with Crippen LogP contribution in [0.4, 0.5) is 0 Å². The molecule has 2 rings (SSSR count). The molecule has 2 saturated heterocycles. The van der Waals surface area contributed by atoms with Gasteiger partial charge in [-0.15, -0.1) is 0 Å². The van der Waals surface area contributed by atoms with Gasteiger partial charge in [-0.05, 0) is 46.1 Å². The van der Waals surface area contributed by atoms with Gasteiger partial charge in [0.15, 0.2) is 0 Å². The van der Waals surface area contributed by atoms with E-state index in [9.17, 15) is 8.42 Å². The van der Waals surface area contributed by atoms with Crippen LogP contribution in [0.15, 0.2) is 0 Å². The van der Waals surface area contributed by atoms with Crippen LogP contribution >= 0.6 is 0 Å². The fraction of sp³-hybridized carbons (Fsp3) is 1.00. The molecule has 1 N–H and O–H groups in total. The highest BCUT2D eigenvalue weighted by Crippen LogP contribution is 2.19. The molecular formula is C14H29N3O2S. The minimum Gasteiger partial charge on any atom is -0.297 e. The van der Waals surface area contributed by atoms with Crippen LogP contribution in [0.2, 0.25) is 0 Å². The molecule has 2 aliphatic heterocycles. The van der Waals surface area contributed by atoms with E-state index in [0.29, 0.717) is 25.7 Å². The normalized spacial score (nSPS) is 28.4. The molecule has 0 aromatic carbocycles. The van der Waals surface area contributed by atoms with Crippen LogP contribution in [0.5, 0.6) is 0 Å². The summed E-state index contributed by atoms with van der Waals surface area (Å²) in [5, 5.41) is 0. The van der Waals surface area contributed by atoms with Gasteiger partial charge in [0.1, 0.15) is 0 Å². The second-order valence-corrected chi connectivity index (χ2v) is 8.00. The Morgan fingerprint density at radius 2 is 1.75 bits per heavy atom. The Morgan fingerprint density at radius 1 is 1.10 bits per heavy atom. The number of hydrogen-bond donors (Lipinski definition) is 1. The van der Waals surface area contributed by atoms with Crippen molar-refractivity contribution in [2.75, 3.05) is 26.2 Å². The molecule has 2 aliphatic rings. The van der Waals surface area contributed by atoms with E-state index < -0.39 is 10.2 Å². The summed E-state index contributed by atoms with van der Waals surface area (Å²) >= 11 is 0. The molecular weight excluding hydrogens is 274 g/mol. The highest BCUT2D eigenvalue weighted by Gasteiger charge is 2.27. The van der Waals surface area contributed by atoms with Crippen molar-refractivity contribution in [3.8, 4) is 0 Å². The summed E-state index contributed by atoms with van der Waals surface area (Å²) in [5.74, 6) is 0. The SMILES string of the molecule is C[C@@H]1CCCCN1[C@@H](C)CNS(=O)(=O)N1CCCCC1. The topological polar surface area (TPSA) is 52.7 Å². The number of hydrogen-bond acceptors (Lipinski definition) is 3. The first kappa shape index (κ1) is 16.2. The summed E-state index contributed by atoms with van der Waals surface area (Å²) in [7, 11) is -3.28. The van der Waals surface area contributed by atoms with E-state index in [0.717, 1.165) is 25.8 Å². The molecule has 0 saturated carbocycles. The van der Waals surface area contributed by atoms with Gasteiger partial charge in [-0.3, -0.25) is 4.90 Å². The summed E-state index contributed by atoms with van der Waals surface area (Å²) in [5.41, 5.74) is 0. The molecule has 2 atom stereocenters.